The van der Waals surface area contributed by atoms with Crippen LogP contribution in [0.4, 0.5) is 0 Å². The predicted molar refractivity (Wildman–Crippen MR) is 64.9 cm³/mol. The Morgan fingerprint density at radius 1 is 1.56 bits per heavy atom. The van der Waals surface area contributed by atoms with Crippen molar-refractivity contribution in [3.05, 3.63) is 39.8 Å². The second-order valence-electron chi connectivity index (χ2n) is 3.72. The van der Waals surface area contributed by atoms with Gasteiger partial charge in [0.1, 0.15) is 0 Å². The van der Waals surface area contributed by atoms with Crippen LogP contribution in [0.2, 0.25) is 0 Å². The minimum atomic E-state index is 0.159. The molecule has 2 heterocycles. The maximum absolute atomic E-state index is 11.9. The quantitative estimate of drug-likeness (QED) is 0.762. The molecule has 84 valence electrons. The average Bonchev–Trinajstić information content (AvgIpc) is 2.88. The second-order valence-corrected chi connectivity index (χ2v) is 4.50. The number of rotatable bonds is 4. The molecule has 2 aromatic heterocycles. The van der Waals surface area contributed by atoms with Crippen molar-refractivity contribution >= 4 is 17.1 Å². The Labute approximate surface area is 98.7 Å². The Balaban J connectivity index is 2.15. The van der Waals surface area contributed by atoms with Gasteiger partial charge >= 0.3 is 0 Å². The highest BCUT2D eigenvalue weighted by Crippen LogP contribution is 2.11. The summed E-state index contributed by atoms with van der Waals surface area (Å²) in [6, 6.07) is 3.87. The van der Waals surface area contributed by atoms with Crippen molar-refractivity contribution in [1.82, 2.24) is 9.78 Å². The lowest BCUT2D eigenvalue weighted by Gasteiger charge is -1.99. The Morgan fingerprint density at radius 2 is 2.38 bits per heavy atom. The molecule has 0 aliphatic heterocycles. The fraction of sp³-hybridized carbons (Fsp3) is 0.333. The number of hydrogen-bond acceptors (Lipinski definition) is 3. The molecule has 4 heteroatoms. The van der Waals surface area contributed by atoms with Crippen LogP contribution in [0.25, 0.3) is 0 Å². The van der Waals surface area contributed by atoms with Crippen LogP contribution in [-0.4, -0.2) is 15.6 Å². The summed E-state index contributed by atoms with van der Waals surface area (Å²) in [6.07, 6.45) is 1.33. The van der Waals surface area contributed by atoms with E-state index < -0.39 is 0 Å². The smallest absolute Gasteiger partial charge is 0.169 e. The minimum absolute atomic E-state index is 0.159. The number of nitrogens with zero attached hydrogens (tertiary/aromatic N) is 2. The van der Waals surface area contributed by atoms with E-state index in [1.807, 2.05) is 29.9 Å². The first-order chi connectivity index (χ1) is 7.70. The van der Waals surface area contributed by atoms with Crippen molar-refractivity contribution in [1.29, 1.82) is 0 Å². The fourth-order valence-electron chi connectivity index (χ4n) is 1.60. The molecule has 2 rings (SSSR count). The van der Waals surface area contributed by atoms with E-state index in [1.165, 1.54) is 0 Å². The molecule has 0 spiro atoms. The van der Waals surface area contributed by atoms with Gasteiger partial charge in [0.05, 0.1) is 12.1 Å². The van der Waals surface area contributed by atoms with E-state index in [0.29, 0.717) is 6.42 Å². The van der Waals surface area contributed by atoms with Crippen LogP contribution in [0.3, 0.4) is 0 Å². The lowest BCUT2D eigenvalue weighted by Crippen LogP contribution is -2.06. The zero-order valence-corrected chi connectivity index (χ0v) is 10.3. The van der Waals surface area contributed by atoms with Gasteiger partial charge in [-0.3, -0.25) is 9.48 Å². The molecule has 0 fully saturated rings. The highest BCUT2D eigenvalue weighted by Gasteiger charge is 2.11. The molecule has 0 N–H and O–H groups in total. The van der Waals surface area contributed by atoms with Crippen molar-refractivity contribution in [2.75, 3.05) is 0 Å². The van der Waals surface area contributed by atoms with Gasteiger partial charge in [-0.1, -0.05) is 6.92 Å². The molecule has 2 aromatic rings. The van der Waals surface area contributed by atoms with Crippen molar-refractivity contribution in [2.24, 2.45) is 7.05 Å². The van der Waals surface area contributed by atoms with Gasteiger partial charge in [-0.05, 0) is 23.9 Å². The predicted octanol–water partition coefficient (Wildman–Crippen LogP) is 2.47. The summed E-state index contributed by atoms with van der Waals surface area (Å²) in [5.74, 6) is 0.159. The van der Waals surface area contributed by atoms with E-state index in [-0.39, 0.29) is 5.78 Å². The zero-order chi connectivity index (χ0) is 11.5. The monoisotopic (exact) mass is 234 g/mol. The van der Waals surface area contributed by atoms with Gasteiger partial charge in [0.15, 0.2) is 5.78 Å². The molecule has 0 aromatic carbocycles. The molecule has 0 amide bonds. The normalized spacial score (nSPS) is 10.6. The van der Waals surface area contributed by atoms with Crippen LogP contribution >= 0.6 is 11.3 Å². The Kier molecular flexibility index (Phi) is 3.19. The summed E-state index contributed by atoms with van der Waals surface area (Å²) < 4.78 is 1.79. The summed E-state index contributed by atoms with van der Waals surface area (Å²) in [6.45, 7) is 2.06. The van der Waals surface area contributed by atoms with Gasteiger partial charge in [-0.2, -0.15) is 16.4 Å². The molecule has 0 radical (unpaired) electrons. The first-order valence-corrected chi connectivity index (χ1v) is 6.22. The Morgan fingerprint density at radius 3 is 2.94 bits per heavy atom. The van der Waals surface area contributed by atoms with Crippen LogP contribution < -0.4 is 0 Å². The van der Waals surface area contributed by atoms with Gasteiger partial charge in [0.25, 0.3) is 0 Å². The number of carbonyl (C=O) groups is 1. The Bertz CT molecular complexity index is 485. The summed E-state index contributed by atoms with van der Waals surface area (Å²) in [5.41, 5.74) is 2.81. The number of aromatic nitrogens is 2. The molecule has 16 heavy (non-hydrogen) atoms. The maximum atomic E-state index is 11.9. The van der Waals surface area contributed by atoms with E-state index in [4.69, 9.17) is 0 Å². The lowest BCUT2D eigenvalue weighted by molar-refractivity contribution is 0.0991. The van der Waals surface area contributed by atoms with Crippen molar-refractivity contribution in [3.63, 3.8) is 0 Å². The standard InChI is InChI=1S/C12H14N2OS/c1-3-10-6-11(14(2)13-10)7-12(15)9-4-5-16-8-9/h4-6,8H,3,7H2,1-2H3. The second kappa shape index (κ2) is 4.61. The minimum Gasteiger partial charge on any atom is -0.294 e. The van der Waals surface area contributed by atoms with Gasteiger partial charge in [-0.25, -0.2) is 0 Å². The third kappa shape index (κ3) is 2.22. The highest BCUT2D eigenvalue weighted by molar-refractivity contribution is 7.08. The number of hydrogen-bond donors (Lipinski definition) is 0. The third-order valence-corrected chi connectivity index (χ3v) is 3.26. The van der Waals surface area contributed by atoms with Gasteiger partial charge < -0.3 is 0 Å². The topological polar surface area (TPSA) is 34.9 Å². The molecule has 0 saturated carbocycles. The molecule has 3 nitrogen and oxygen atoms in total. The average molecular weight is 234 g/mol. The van der Waals surface area contributed by atoms with Crippen LogP contribution in [-0.2, 0) is 19.9 Å². The molecule has 0 unspecified atom stereocenters. The van der Waals surface area contributed by atoms with Crippen molar-refractivity contribution < 1.29 is 4.79 Å². The number of Topliss-reactive ketones (excluding diaryl/α,β-unsaturated/α-hetero) is 1. The van der Waals surface area contributed by atoms with Gasteiger partial charge in [0, 0.05) is 23.7 Å². The van der Waals surface area contributed by atoms with E-state index >= 15 is 0 Å². The number of aryl methyl sites for hydroxylation is 2. The molecule has 0 saturated heterocycles. The van der Waals surface area contributed by atoms with Crippen LogP contribution in [0.5, 0.6) is 0 Å². The van der Waals surface area contributed by atoms with E-state index in [1.54, 1.807) is 16.0 Å². The first-order valence-electron chi connectivity index (χ1n) is 5.28. The third-order valence-electron chi connectivity index (χ3n) is 2.57. The number of carbonyl (C=O) groups excluding carboxylic acids is 1. The zero-order valence-electron chi connectivity index (χ0n) is 9.43. The molecular weight excluding hydrogens is 220 g/mol. The summed E-state index contributed by atoms with van der Waals surface area (Å²) in [5, 5.41) is 8.14. The van der Waals surface area contributed by atoms with Crippen molar-refractivity contribution in [2.45, 2.75) is 19.8 Å². The van der Waals surface area contributed by atoms with E-state index in [0.717, 1.165) is 23.4 Å². The van der Waals surface area contributed by atoms with E-state index in [2.05, 4.69) is 12.0 Å². The fourth-order valence-corrected chi connectivity index (χ4v) is 2.26. The lowest BCUT2D eigenvalue weighted by atomic mass is 10.1. The largest absolute Gasteiger partial charge is 0.294 e. The summed E-state index contributed by atoms with van der Waals surface area (Å²) in [4.78, 5) is 11.9. The summed E-state index contributed by atoms with van der Waals surface area (Å²) >= 11 is 1.55. The van der Waals surface area contributed by atoms with Crippen LogP contribution in [0, 0.1) is 0 Å². The SMILES string of the molecule is CCc1cc(CC(=O)c2ccsc2)n(C)n1. The molecular formula is C12H14N2OS. The molecule has 0 atom stereocenters. The van der Waals surface area contributed by atoms with Crippen LogP contribution in [0.1, 0.15) is 28.7 Å². The number of thiophene rings is 1. The highest BCUT2D eigenvalue weighted by atomic mass is 32.1. The van der Waals surface area contributed by atoms with Gasteiger partial charge in [0.2, 0.25) is 0 Å². The van der Waals surface area contributed by atoms with Crippen LogP contribution in [0.15, 0.2) is 22.9 Å². The Hall–Kier alpha value is -1.42. The summed E-state index contributed by atoms with van der Waals surface area (Å²) in [7, 11) is 1.88. The van der Waals surface area contributed by atoms with E-state index in [9.17, 15) is 4.79 Å². The molecule has 0 aliphatic carbocycles. The maximum Gasteiger partial charge on any atom is 0.169 e. The first kappa shape index (κ1) is 11.1. The molecule has 0 aliphatic rings. The van der Waals surface area contributed by atoms with Gasteiger partial charge in [-0.15, -0.1) is 0 Å². The van der Waals surface area contributed by atoms with Crippen molar-refractivity contribution in [3.8, 4) is 0 Å². The number of ketones is 1. The molecule has 0 bridgehead atoms.